The van der Waals surface area contributed by atoms with E-state index in [0.717, 1.165) is 38.7 Å². The van der Waals surface area contributed by atoms with E-state index in [1.165, 1.54) is 0 Å². The van der Waals surface area contributed by atoms with Gasteiger partial charge in [0.25, 0.3) is 0 Å². The molecule has 4 heteroatoms. The van der Waals surface area contributed by atoms with Crippen LogP contribution >= 0.6 is 0 Å². The molecular formula is C14H26N2O2. The molecule has 104 valence electrons. The summed E-state index contributed by atoms with van der Waals surface area (Å²) in [5, 5.41) is 3.47. The van der Waals surface area contributed by atoms with Gasteiger partial charge in [0.1, 0.15) is 0 Å². The van der Waals surface area contributed by atoms with Crippen molar-refractivity contribution < 1.29 is 9.53 Å². The molecule has 1 aliphatic heterocycles. The van der Waals surface area contributed by atoms with E-state index in [0.29, 0.717) is 18.1 Å². The molecule has 1 saturated carbocycles. The van der Waals surface area contributed by atoms with Gasteiger partial charge in [0.05, 0.1) is 18.3 Å². The molecule has 2 rings (SSSR count). The van der Waals surface area contributed by atoms with Gasteiger partial charge in [-0.2, -0.15) is 0 Å². The molecule has 2 unspecified atom stereocenters. The average Bonchev–Trinajstić information content (AvgIpc) is 2.61. The van der Waals surface area contributed by atoms with E-state index in [9.17, 15) is 4.79 Å². The number of hydrogen-bond donors (Lipinski definition) is 1. The van der Waals surface area contributed by atoms with Crippen LogP contribution in [0.25, 0.3) is 0 Å². The lowest BCUT2D eigenvalue weighted by Gasteiger charge is -2.43. The Morgan fingerprint density at radius 2 is 2.06 bits per heavy atom. The van der Waals surface area contributed by atoms with Crippen LogP contribution in [0.15, 0.2) is 0 Å². The number of hydrogen-bond acceptors (Lipinski definition) is 3. The summed E-state index contributed by atoms with van der Waals surface area (Å²) in [5.74, 6) is 0.309. The Bertz CT molecular complexity index is 290. The Morgan fingerprint density at radius 3 is 2.61 bits per heavy atom. The molecule has 4 nitrogen and oxygen atoms in total. The first-order valence-electron chi connectivity index (χ1n) is 7.41. The molecule has 2 aliphatic rings. The zero-order valence-electron chi connectivity index (χ0n) is 11.8. The van der Waals surface area contributed by atoms with Gasteiger partial charge in [-0.15, -0.1) is 0 Å². The minimum atomic E-state index is 0.0473. The largest absolute Gasteiger partial charge is 0.378 e. The number of carbonyl (C=O) groups is 1. The van der Waals surface area contributed by atoms with E-state index in [1.807, 2.05) is 6.92 Å². The van der Waals surface area contributed by atoms with Crippen LogP contribution in [0.2, 0.25) is 0 Å². The van der Waals surface area contributed by atoms with Crippen LogP contribution in [0.3, 0.4) is 0 Å². The molecule has 1 saturated heterocycles. The van der Waals surface area contributed by atoms with Gasteiger partial charge in [-0.25, -0.2) is 0 Å². The highest BCUT2D eigenvalue weighted by molar-refractivity contribution is 5.84. The van der Waals surface area contributed by atoms with Gasteiger partial charge < -0.3 is 9.64 Å². The third kappa shape index (κ3) is 2.54. The molecule has 0 radical (unpaired) electrons. The van der Waals surface area contributed by atoms with Crippen molar-refractivity contribution in [3.05, 3.63) is 0 Å². The predicted molar refractivity (Wildman–Crippen MR) is 71.2 cm³/mol. The molecule has 0 bridgehead atoms. The number of nitrogens with one attached hydrogen (secondary N) is 1. The van der Waals surface area contributed by atoms with E-state index < -0.39 is 0 Å². The summed E-state index contributed by atoms with van der Waals surface area (Å²) in [5.41, 5.74) is 0. The topological polar surface area (TPSA) is 41.6 Å². The summed E-state index contributed by atoms with van der Waals surface area (Å²) >= 11 is 0. The zero-order valence-corrected chi connectivity index (χ0v) is 11.8. The highest BCUT2D eigenvalue weighted by Crippen LogP contribution is 2.33. The Hall–Kier alpha value is -0.610. The molecule has 1 amide bonds. The Kier molecular flexibility index (Phi) is 4.62. The standard InChI is InChI=1S/C14H26N2O2/c1-4-7-12-14(17)16(13(5-2)15-12)10-8-11(9-10)18-6-3/h10-13,15H,4-9H2,1-3H3. The van der Waals surface area contributed by atoms with Crippen molar-refractivity contribution >= 4 is 5.91 Å². The lowest BCUT2D eigenvalue weighted by molar-refractivity contribution is -0.138. The summed E-state index contributed by atoms with van der Waals surface area (Å²) in [6.07, 6.45) is 5.62. The second-order valence-corrected chi connectivity index (χ2v) is 5.38. The van der Waals surface area contributed by atoms with Gasteiger partial charge in [0.2, 0.25) is 5.91 Å². The Balaban J connectivity index is 1.92. The monoisotopic (exact) mass is 254 g/mol. The second kappa shape index (κ2) is 6.02. The van der Waals surface area contributed by atoms with Gasteiger partial charge in [0, 0.05) is 12.6 Å². The van der Waals surface area contributed by atoms with Crippen LogP contribution in [0, 0.1) is 0 Å². The molecule has 1 aliphatic carbocycles. The predicted octanol–water partition coefficient (Wildman–Crippen LogP) is 1.89. The van der Waals surface area contributed by atoms with E-state index >= 15 is 0 Å². The van der Waals surface area contributed by atoms with Gasteiger partial charge in [-0.05, 0) is 32.6 Å². The van der Waals surface area contributed by atoms with E-state index in [-0.39, 0.29) is 12.2 Å². The number of rotatable bonds is 6. The van der Waals surface area contributed by atoms with Crippen molar-refractivity contribution in [2.24, 2.45) is 0 Å². The van der Waals surface area contributed by atoms with Crippen molar-refractivity contribution in [3.63, 3.8) is 0 Å². The summed E-state index contributed by atoms with van der Waals surface area (Å²) in [6.45, 7) is 7.08. The van der Waals surface area contributed by atoms with E-state index in [4.69, 9.17) is 4.74 Å². The van der Waals surface area contributed by atoms with E-state index in [1.54, 1.807) is 0 Å². The second-order valence-electron chi connectivity index (χ2n) is 5.38. The fourth-order valence-corrected chi connectivity index (χ4v) is 3.10. The molecule has 1 heterocycles. The SMILES string of the molecule is CCCC1NC(CC)N(C2CC(OCC)C2)C1=O. The minimum absolute atomic E-state index is 0.0473. The summed E-state index contributed by atoms with van der Waals surface area (Å²) < 4.78 is 5.59. The molecule has 18 heavy (non-hydrogen) atoms. The lowest BCUT2D eigenvalue weighted by Crippen LogP contribution is -2.53. The zero-order chi connectivity index (χ0) is 13.1. The third-order valence-corrected chi connectivity index (χ3v) is 4.11. The first-order valence-corrected chi connectivity index (χ1v) is 7.41. The number of amides is 1. The molecule has 0 aromatic heterocycles. The summed E-state index contributed by atoms with van der Waals surface area (Å²) in [4.78, 5) is 14.5. The molecule has 1 N–H and O–H groups in total. The fraction of sp³-hybridized carbons (Fsp3) is 0.929. The maximum absolute atomic E-state index is 12.4. The highest BCUT2D eigenvalue weighted by atomic mass is 16.5. The van der Waals surface area contributed by atoms with Crippen LogP contribution in [0.5, 0.6) is 0 Å². The van der Waals surface area contributed by atoms with Crippen LogP contribution in [0.4, 0.5) is 0 Å². The fourth-order valence-electron chi connectivity index (χ4n) is 3.10. The van der Waals surface area contributed by atoms with Gasteiger partial charge in [-0.1, -0.05) is 20.3 Å². The van der Waals surface area contributed by atoms with Crippen LogP contribution < -0.4 is 5.32 Å². The molecule has 0 aromatic carbocycles. The van der Waals surface area contributed by atoms with Crippen molar-refractivity contribution in [1.29, 1.82) is 0 Å². The average molecular weight is 254 g/mol. The summed E-state index contributed by atoms with van der Waals surface area (Å²) in [7, 11) is 0. The van der Waals surface area contributed by atoms with E-state index in [2.05, 4.69) is 24.1 Å². The smallest absolute Gasteiger partial charge is 0.241 e. The van der Waals surface area contributed by atoms with Crippen molar-refractivity contribution in [2.75, 3.05) is 6.61 Å². The molecular weight excluding hydrogens is 228 g/mol. The van der Waals surface area contributed by atoms with Crippen molar-refractivity contribution in [2.45, 2.75) is 77.2 Å². The normalized spacial score (nSPS) is 35.9. The maximum atomic E-state index is 12.4. The van der Waals surface area contributed by atoms with Crippen molar-refractivity contribution in [1.82, 2.24) is 10.2 Å². The van der Waals surface area contributed by atoms with Gasteiger partial charge >= 0.3 is 0 Å². The van der Waals surface area contributed by atoms with Crippen LogP contribution in [-0.4, -0.2) is 41.8 Å². The first-order chi connectivity index (χ1) is 8.71. The van der Waals surface area contributed by atoms with Crippen LogP contribution in [-0.2, 0) is 9.53 Å². The maximum Gasteiger partial charge on any atom is 0.241 e. The number of ether oxygens (including phenoxy) is 1. The minimum Gasteiger partial charge on any atom is -0.378 e. The Morgan fingerprint density at radius 1 is 1.33 bits per heavy atom. The van der Waals surface area contributed by atoms with Crippen LogP contribution in [0.1, 0.15) is 52.9 Å². The number of nitrogens with zero attached hydrogens (tertiary/aromatic N) is 1. The molecule has 0 spiro atoms. The third-order valence-electron chi connectivity index (χ3n) is 4.11. The molecule has 0 aromatic rings. The van der Waals surface area contributed by atoms with Gasteiger partial charge in [-0.3, -0.25) is 10.1 Å². The Labute approximate surface area is 110 Å². The lowest BCUT2D eigenvalue weighted by atomic mass is 9.87. The van der Waals surface area contributed by atoms with Gasteiger partial charge in [0.15, 0.2) is 0 Å². The number of carbonyl (C=O) groups excluding carboxylic acids is 1. The van der Waals surface area contributed by atoms with Crippen molar-refractivity contribution in [3.8, 4) is 0 Å². The molecule has 2 fully saturated rings. The molecule has 2 atom stereocenters. The summed E-state index contributed by atoms with van der Waals surface area (Å²) in [6, 6.07) is 0.444. The quantitative estimate of drug-likeness (QED) is 0.787. The first kappa shape index (κ1) is 13.8. The highest BCUT2D eigenvalue weighted by Gasteiger charge is 2.45.